The molecule has 2 N–H and O–H groups in total. The number of aromatic carboxylic acids is 1. The molecule has 0 radical (unpaired) electrons. The molecule has 0 aromatic heterocycles. The number of carboxylic acid groups (broad SMARTS) is 1. The molecule has 2 rings (SSSR count). The molecule has 2 aromatic carbocycles. The molecule has 112 valence electrons. The third-order valence-corrected chi connectivity index (χ3v) is 2.72. The highest BCUT2D eigenvalue weighted by molar-refractivity contribution is 5.92. The van der Waals surface area contributed by atoms with E-state index < -0.39 is 28.3 Å². The van der Waals surface area contributed by atoms with Crippen LogP contribution in [0.5, 0.6) is 11.5 Å². The van der Waals surface area contributed by atoms with Crippen molar-refractivity contribution >= 4 is 17.6 Å². The van der Waals surface area contributed by atoms with E-state index in [1.54, 1.807) is 0 Å². The van der Waals surface area contributed by atoms with Crippen molar-refractivity contribution in [2.45, 2.75) is 0 Å². The molecular formula is C14H9NO7. The van der Waals surface area contributed by atoms with Crippen LogP contribution in [0.2, 0.25) is 0 Å². The standard InChI is InChI=1S/C14H9NO7/c16-12-6-3-9(7-11(12)15(20)21)14(19)22-10-4-1-8(2-5-10)13(17)18/h1-7,16H,(H,17,18). The van der Waals surface area contributed by atoms with Gasteiger partial charge < -0.3 is 14.9 Å². The van der Waals surface area contributed by atoms with Crippen LogP contribution in [0.3, 0.4) is 0 Å². The van der Waals surface area contributed by atoms with Crippen LogP contribution in [-0.2, 0) is 0 Å². The molecular weight excluding hydrogens is 294 g/mol. The van der Waals surface area contributed by atoms with Gasteiger partial charge in [-0.25, -0.2) is 9.59 Å². The van der Waals surface area contributed by atoms with Crippen molar-refractivity contribution < 1.29 is 29.5 Å². The Balaban J connectivity index is 2.20. The number of carboxylic acids is 1. The second-order valence-corrected chi connectivity index (χ2v) is 4.18. The number of hydrogen-bond acceptors (Lipinski definition) is 6. The van der Waals surface area contributed by atoms with E-state index in [0.717, 1.165) is 12.1 Å². The molecule has 8 heteroatoms. The second-order valence-electron chi connectivity index (χ2n) is 4.18. The Morgan fingerprint density at radius 1 is 1.05 bits per heavy atom. The molecule has 0 heterocycles. The van der Waals surface area contributed by atoms with Crippen LogP contribution >= 0.6 is 0 Å². The van der Waals surface area contributed by atoms with Crippen LogP contribution < -0.4 is 4.74 Å². The summed E-state index contributed by atoms with van der Waals surface area (Å²) < 4.78 is 4.97. The van der Waals surface area contributed by atoms with Crippen molar-refractivity contribution in [1.82, 2.24) is 0 Å². The maximum atomic E-state index is 11.9. The fourth-order valence-corrected chi connectivity index (χ4v) is 1.63. The fraction of sp³-hybridized carbons (Fsp3) is 0. The number of hydrogen-bond donors (Lipinski definition) is 2. The summed E-state index contributed by atoms with van der Waals surface area (Å²) in [5, 5.41) is 28.8. The summed E-state index contributed by atoms with van der Waals surface area (Å²) in [5.74, 6) is -2.46. The Kier molecular flexibility index (Phi) is 4.03. The first kappa shape index (κ1) is 15.0. The average molecular weight is 303 g/mol. The minimum atomic E-state index is -1.12. The highest BCUT2D eigenvalue weighted by atomic mass is 16.6. The van der Waals surface area contributed by atoms with Crippen molar-refractivity contribution in [2.24, 2.45) is 0 Å². The van der Waals surface area contributed by atoms with Crippen LogP contribution in [-0.4, -0.2) is 27.1 Å². The number of nitro groups is 1. The van der Waals surface area contributed by atoms with Gasteiger partial charge in [-0.05, 0) is 36.4 Å². The Bertz CT molecular complexity index is 752. The molecule has 0 saturated heterocycles. The molecule has 2 aromatic rings. The highest BCUT2D eigenvalue weighted by Gasteiger charge is 2.18. The molecule has 0 saturated carbocycles. The van der Waals surface area contributed by atoms with Gasteiger partial charge in [-0.1, -0.05) is 0 Å². The number of benzene rings is 2. The van der Waals surface area contributed by atoms with E-state index in [4.69, 9.17) is 9.84 Å². The number of nitrogens with zero attached hydrogens (tertiary/aromatic N) is 1. The number of carbonyl (C=O) groups excluding carboxylic acids is 1. The van der Waals surface area contributed by atoms with E-state index in [2.05, 4.69) is 0 Å². The number of esters is 1. The second kappa shape index (κ2) is 5.92. The molecule has 0 atom stereocenters. The third kappa shape index (κ3) is 3.18. The number of ether oxygens (including phenoxy) is 1. The van der Waals surface area contributed by atoms with E-state index in [-0.39, 0.29) is 16.9 Å². The molecule has 0 fully saturated rings. The average Bonchev–Trinajstić information content (AvgIpc) is 2.47. The van der Waals surface area contributed by atoms with Gasteiger partial charge in [0.25, 0.3) is 0 Å². The van der Waals surface area contributed by atoms with Gasteiger partial charge in [0, 0.05) is 6.07 Å². The van der Waals surface area contributed by atoms with Crippen LogP contribution in [0, 0.1) is 10.1 Å². The number of phenolic OH excluding ortho intramolecular Hbond substituents is 1. The van der Waals surface area contributed by atoms with E-state index in [1.807, 2.05) is 0 Å². The minimum absolute atomic E-state index is 0.0278. The van der Waals surface area contributed by atoms with E-state index >= 15 is 0 Å². The zero-order chi connectivity index (χ0) is 16.3. The maximum Gasteiger partial charge on any atom is 0.343 e. The Hall–Kier alpha value is -3.42. The zero-order valence-corrected chi connectivity index (χ0v) is 10.9. The molecule has 22 heavy (non-hydrogen) atoms. The number of phenols is 1. The smallest absolute Gasteiger partial charge is 0.343 e. The normalized spacial score (nSPS) is 10.0. The number of rotatable bonds is 4. The lowest BCUT2D eigenvalue weighted by molar-refractivity contribution is -0.385. The number of nitro benzene ring substituents is 1. The van der Waals surface area contributed by atoms with E-state index in [0.29, 0.717) is 0 Å². The van der Waals surface area contributed by atoms with Gasteiger partial charge in [0.2, 0.25) is 0 Å². The lowest BCUT2D eigenvalue weighted by Crippen LogP contribution is -2.09. The molecule has 0 aliphatic carbocycles. The van der Waals surface area contributed by atoms with Crippen LogP contribution in [0.4, 0.5) is 5.69 Å². The van der Waals surface area contributed by atoms with Gasteiger partial charge in [-0.15, -0.1) is 0 Å². The quantitative estimate of drug-likeness (QED) is 0.383. The van der Waals surface area contributed by atoms with Crippen molar-refractivity contribution in [2.75, 3.05) is 0 Å². The van der Waals surface area contributed by atoms with Gasteiger partial charge >= 0.3 is 17.6 Å². The highest BCUT2D eigenvalue weighted by Crippen LogP contribution is 2.26. The van der Waals surface area contributed by atoms with Gasteiger partial charge in [0.1, 0.15) is 5.75 Å². The first-order chi connectivity index (χ1) is 10.4. The predicted octanol–water partition coefficient (Wildman–Crippen LogP) is 2.22. The van der Waals surface area contributed by atoms with Crippen LogP contribution in [0.15, 0.2) is 42.5 Å². The van der Waals surface area contributed by atoms with Crippen molar-refractivity contribution in [1.29, 1.82) is 0 Å². The minimum Gasteiger partial charge on any atom is -0.502 e. The topological polar surface area (TPSA) is 127 Å². The molecule has 0 unspecified atom stereocenters. The Morgan fingerprint density at radius 3 is 2.18 bits per heavy atom. The SMILES string of the molecule is O=C(O)c1ccc(OC(=O)c2ccc(O)c([N+](=O)[O-])c2)cc1. The fourth-order valence-electron chi connectivity index (χ4n) is 1.63. The summed E-state index contributed by atoms with van der Waals surface area (Å²) in [5.41, 5.74) is -0.706. The first-order valence-corrected chi connectivity index (χ1v) is 5.91. The molecule has 0 aliphatic heterocycles. The van der Waals surface area contributed by atoms with Gasteiger partial charge in [-0.3, -0.25) is 10.1 Å². The lowest BCUT2D eigenvalue weighted by Gasteiger charge is -2.05. The number of carbonyl (C=O) groups is 2. The first-order valence-electron chi connectivity index (χ1n) is 5.91. The summed E-state index contributed by atoms with van der Waals surface area (Å²) in [6, 6.07) is 8.17. The summed E-state index contributed by atoms with van der Waals surface area (Å²) in [6.07, 6.45) is 0. The largest absolute Gasteiger partial charge is 0.502 e. The molecule has 0 aliphatic rings. The van der Waals surface area contributed by atoms with Gasteiger partial charge in [0.15, 0.2) is 5.75 Å². The summed E-state index contributed by atoms with van der Waals surface area (Å²) in [4.78, 5) is 32.4. The van der Waals surface area contributed by atoms with Crippen LogP contribution in [0.25, 0.3) is 0 Å². The molecule has 8 nitrogen and oxygen atoms in total. The summed E-state index contributed by atoms with van der Waals surface area (Å²) >= 11 is 0. The van der Waals surface area contributed by atoms with Gasteiger partial charge in [0.05, 0.1) is 16.1 Å². The van der Waals surface area contributed by atoms with Crippen molar-refractivity contribution in [3.63, 3.8) is 0 Å². The van der Waals surface area contributed by atoms with E-state index in [9.17, 15) is 24.8 Å². The van der Waals surface area contributed by atoms with Crippen molar-refractivity contribution in [3.8, 4) is 11.5 Å². The molecule has 0 bridgehead atoms. The summed E-state index contributed by atoms with van der Waals surface area (Å²) in [6.45, 7) is 0. The predicted molar refractivity (Wildman–Crippen MR) is 73.1 cm³/mol. The molecule has 0 amide bonds. The van der Waals surface area contributed by atoms with Gasteiger partial charge in [-0.2, -0.15) is 0 Å². The maximum absolute atomic E-state index is 11.9. The summed E-state index contributed by atoms with van der Waals surface area (Å²) in [7, 11) is 0. The zero-order valence-electron chi connectivity index (χ0n) is 10.9. The molecule has 0 spiro atoms. The third-order valence-electron chi connectivity index (χ3n) is 2.72. The van der Waals surface area contributed by atoms with E-state index in [1.165, 1.54) is 30.3 Å². The Labute approximate surface area is 123 Å². The Morgan fingerprint density at radius 2 is 1.64 bits per heavy atom. The number of aromatic hydroxyl groups is 1. The lowest BCUT2D eigenvalue weighted by atomic mass is 10.2. The monoisotopic (exact) mass is 303 g/mol. The van der Waals surface area contributed by atoms with Crippen LogP contribution in [0.1, 0.15) is 20.7 Å². The van der Waals surface area contributed by atoms with Crippen molar-refractivity contribution in [3.05, 3.63) is 63.7 Å².